The third-order valence-electron chi connectivity index (χ3n) is 3.80. The Morgan fingerprint density at radius 1 is 1.17 bits per heavy atom. The van der Waals surface area contributed by atoms with E-state index >= 15 is 0 Å². The number of nitrogens with zero attached hydrogens (tertiary/aromatic N) is 2. The summed E-state index contributed by atoms with van der Waals surface area (Å²) in [6, 6.07) is 8.86. The van der Waals surface area contributed by atoms with Gasteiger partial charge in [0.25, 0.3) is 0 Å². The first-order valence-electron chi connectivity index (χ1n) is 8.12. The maximum atomic E-state index is 12.1. The molecule has 0 radical (unpaired) electrons. The van der Waals surface area contributed by atoms with E-state index in [1.54, 1.807) is 18.3 Å². The van der Waals surface area contributed by atoms with Crippen LogP contribution in [0.2, 0.25) is 0 Å². The maximum Gasteiger partial charge on any atom is 0.240 e. The molecule has 1 aromatic carbocycles. The Morgan fingerprint density at radius 2 is 1.88 bits per heavy atom. The number of rotatable bonds is 7. The number of anilines is 1. The lowest BCUT2D eigenvalue weighted by Gasteiger charge is -2.09. The van der Waals surface area contributed by atoms with Crippen LogP contribution in [-0.4, -0.2) is 24.4 Å². The average molecular weight is 346 g/mol. The first-order valence-corrected chi connectivity index (χ1v) is 9.60. The summed E-state index contributed by atoms with van der Waals surface area (Å²) >= 11 is 0. The van der Waals surface area contributed by atoms with Crippen molar-refractivity contribution in [3.8, 4) is 0 Å². The van der Waals surface area contributed by atoms with Crippen LogP contribution in [0.3, 0.4) is 0 Å². The van der Waals surface area contributed by atoms with Gasteiger partial charge < -0.3 is 5.32 Å². The fourth-order valence-electron chi connectivity index (χ4n) is 2.22. The first-order chi connectivity index (χ1) is 11.4. The zero-order valence-corrected chi connectivity index (χ0v) is 14.7. The van der Waals surface area contributed by atoms with E-state index in [1.807, 2.05) is 32.0 Å². The van der Waals surface area contributed by atoms with E-state index in [9.17, 15) is 8.42 Å². The minimum atomic E-state index is -3.39. The van der Waals surface area contributed by atoms with Crippen LogP contribution in [0.25, 0.3) is 0 Å². The summed E-state index contributed by atoms with van der Waals surface area (Å²) in [6.07, 6.45) is 3.60. The van der Waals surface area contributed by atoms with E-state index in [2.05, 4.69) is 20.0 Å². The molecule has 1 aliphatic rings. The van der Waals surface area contributed by atoms with Gasteiger partial charge in [-0.2, -0.15) is 0 Å². The monoisotopic (exact) mass is 346 g/mol. The van der Waals surface area contributed by atoms with Gasteiger partial charge in [-0.05, 0) is 36.6 Å². The largest absolute Gasteiger partial charge is 0.366 e. The highest BCUT2D eigenvalue weighted by molar-refractivity contribution is 7.89. The van der Waals surface area contributed by atoms with Gasteiger partial charge in [-0.25, -0.2) is 23.1 Å². The van der Waals surface area contributed by atoms with Gasteiger partial charge in [0, 0.05) is 24.7 Å². The van der Waals surface area contributed by atoms with Gasteiger partial charge in [0.1, 0.15) is 11.6 Å². The summed E-state index contributed by atoms with van der Waals surface area (Å²) in [6.45, 7) is 4.67. The van der Waals surface area contributed by atoms with Crippen LogP contribution in [0.15, 0.2) is 41.4 Å². The van der Waals surface area contributed by atoms with Crippen LogP contribution in [0.4, 0.5) is 5.82 Å². The zero-order chi connectivity index (χ0) is 17.2. The van der Waals surface area contributed by atoms with Crippen molar-refractivity contribution in [2.45, 2.75) is 50.1 Å². The number of nitrogens with one attached hydrogen (secondary N) is 2. The number of benzene rings is 1. The zero-order valence-electron chi connectivity index (χ0n) is 13.9. The molecule has 0 bridgehead atoms. The van der Waals surface area contributed by atoms with Gasteiger partial charge in [-0.1, -0.05) is 26.0 Å². The summed E-state index contributed by atoms with van der Waals surface area (Å²) in [5, 5.41) is 3.24. The van der Waals surface area contributed by atoms with Gasteiger partial charge in [0.2, 0.25) is 10.0 Å². The van der Waals surface area contributed by atoms with Gasteiger partial charge >= 0.3 is 0 Å². The van der Waals surface area contributed by atoms with Crippen molar-refractivity contribution in [1.29, 1.82) is 0 Å². The van der Waals surface area contributed by atoms with E-state index in [0.717, 1.165) is 30.0 Å². The van der Waals surface area contributed by atoms with Gasteiger partial charge in [-0.3, -0.25) is 0 Å². The van der Waals surface area contributed by atoms with Crippen LogP contribution in [0.5, 0.6) is 0 Å². The van der Waals surface area contributed by atoms with Gasteiger partial charge in [0.15, 0.2) is 0 Å². The molecule has 24 heavy (non-hydrogen) atoms. The molecule has 0 atom stereocenters. The molecule has 7 heteroatoms. The summed E-state index contributed by atoms with van der Waals surface area (Å²) < 4.78 is 26.9. The minimum Gasteiger partial charge on any atom is -0.366 e. The topological polar surface area (TPSA) is 84.0 Å². The molecule has 0 unspecified atom stereocenters. The molecule has 1 fully saturated rings. The number of hydrogen-bond acceptors (Lipinski definition) is 5. The highest BCUT2D eigenvalue weighted by Crippen LogP contribution is 2.22. The second-order valence-corrected chi connectivity index (χ2v) is 8.06. The maximum absolute atomic E-state index is 12.1. The molecule has 1 heterocycles. The van der Waals surface area contributed by atoms with E-state index in [1.165, 1.54) is 0 Å². The Hall–Kier alpha value is -1.99. The van der Waals surface area contributed by atoms with Crippen molar-refractivity contribution in [2.75, 3.05) is 5.32 Å². The standard InChI is InChI=1S/C17H22N4O2S/c1-12(2)17-18-10-9-16(20-17)19-11-13-3-7-15(8-4-13)24(22,23)21-14-5-6-14/h3-4,7-10,12,14,21H,5-6,11H2,1-2H3,(H,18,19,20). The lowest BCUT2D eigenvalue weighted by molar-refractivity contribution is 0.581. The highest BCUT2D eigenvalue weighted by atomic mass is 32.2. The Bertz CT molecular complexity index is 800. The number of aromatic nitrogens is 2. The summed E-state index contributed by atoms with van der Waals surface area (Å²) in [5.41, 5.74) is 0.991. The van der Waals surface area contributed by atoms with Gasteiger partial charge in [0.05, 0.1) is 4.90 Å². The minimum absolute atomic E-state index is 0.115. The summed E-state index contributed by atoms with van der Waals surface area (Å²) in [5.74, 6) is 1.84. The van der Waals surface area contributed by atoms with E-state index < -0.39 is 10.0 Å². The fourth-order valence-corrected chi connectivity index (χ4v) is 3.52. The van der Waals surface area contributed by atoms with E-state index in [4.69, 9.17) is 0 Å². The number of sulfonamides is 1. The Kier molecular flexibility index (Phi) is 4.82. The van der Waals surface area contributed by atoms with Crippen LogP contribution < -0.4 is 10.0 Å². The van der Waals surface area contributed by atoms with Crippen molar-refractivity contribution in [3.63, 3.8) is 0 Å². The number of hydrogen-bond donors (Lipinski definition) is 2. The molecule has 2 N–H and O–H groups in total. The first kappa shape index (κ1) is 16.9. The molecular weight excluding hydrogens is 324 g/mol. The molecule has 2 aromatic rings. The second kappa shape index (κ2) is 6.86. The Labute approximate surface area is 142 Å². The molecule has 0 saturated heterocycles. The highest BCUT2D eigenvalue weighted by Gasteiger charge is 2.27. The molecule has 1 aromatic heterocycles. The lowest BCUT2D eigenvalue weighted by Crippen LogP contribution is -2.25. The smallest absolute Gasteiger partial charge is 0.240 e. The average Bonchev–Trinajstić information content (AvgIpc) is 3.37. The van der Waals surface area contributed by atoms with Crippen LogP contribution >= 0.6 is 0 Å². The van der Waals surface area contributed by atoms with Crippen molar-refractivity contribution >= 4 is 15.8 Å². The van der Waals surface area contributed by atoms with E-state index in [0.29, 0.717) is 11.4 Å². The lowest BCUT2D eigenvalue weighted by atomic mass is 10.2. The van der Waals surface area contributed by atoms with Crippen LogP contribution in [0, 0.1) is 0 Å². The third kappa shape index (κ3) is 4.30. The van der Waals surface area contributed by atoms with Gasteiger partial charge in [-0.15, -0.1) is 0 Å². The van der Waals surface area contributed by atoms with E-state index in [-0.39, 0.29) is 12.0 Å². The van der Waals surface area contributed by atoms with Crippen molar-refractivity contribution in [1.82, 2.24) is 14.7 Å². The fraction of sp³-hybridized carbons (Fsp3) is 0.412. The van der Waals surface area contributed by atoms with Crippen molar-refractivity contribution in [3.05, 3.63) is 47.9 Å². The molecule has 3 rings (SSSR count). The Balaban J connectivity index is 1.63. The predicted octanol–water partition coefficient (Wildman–Crippen LogP) is 2.65. The SMILES string of the molecule is CC(C)c1nccc(NCc2ccc(S(=O)(=O)NC3CC3)cc2)n1. The molecule has 6 nitrogen and oxygen atoms in total. The van der Waals surface area contributed by atoms with Crippen molar-refractivity contribution in [2.24, 2.45) is 0 Å². The molecule has 1 aliphatic carbocycles. The third-order valence-corrected chi connectivity index (χ3v) is 5.33. The normalized spacial score (nSPS) is 14.8. The molecule has 128 valence electrons. The molecule has 0 amide bonds. The van der Waals surface area contributed by atoms with Crippen molar-refractivity contribution < 1.29 is 8.42 Å². The quantitative estimate of drug-likeness (QED) is 0.805. The molecule has 0 aliphatic heterocycles. The molecular formula is C17H22N4O2S. The summed E-state index contributed by atoms with van der Waals surface area (Å²) in [7, 11) is -3.39. The second-order valence-electron chi connectivity index (χ2n) is 6.35. The predicted molar refractivity (Wildman–Crippen MR) is 93.2 cm³/mol. The van der Waals surface area contributed by atoms with Crippen LogP contribution in [0.1, 0.15) is 44.0 Å². The molecule has 1 saturated carbocycles. The van der Waals surface area contributed by atoms with Crippen LogP contribution in [-0.2, 0) is 16.6 Å². The Morgan fingerprint density at radius 3 is 2.50 bits per heavy atom. The summed E-state index contributed by atoms with van der Waals surface area (Å²) in [4.78, 5) is 9.00. The molecule has 0 spiro atoms.